The molecule has 1 aromatic heterocycles. The number of nitrogens with zero attached hydrogens (tertiary/aromatic N) is 1. The average Bonchev–Trinajstić information content (AvgIpc) is 2.36. The van der Waals surface area contributed by atoms with E-state index >= 15 is 0 Å². The van der Waals surface area contributed by atoms with Crippen LogP contribution in [0, 0.1) is 8.93 Å². The molecule has 1 aromatic rings. The predicted molar refractivity (Wildman–Crippen MR) is 66.1 cm³/mol. The van der Waals surface area contributed by atoms with E-state index in [4.69, 9.17) is 11.6 Å². The van der Waals surface area contributed by atoms with E-state index in [1.54, 1.807) is 11.3 Å². The molecule has 0 radical (unpaired) electrons. The van der Waals surface area contributed by atoms with Crippen LogP contribution in [0.15, 0.2) is 11.1 Å². The van der Waals surface area contributed by atoms with Crippen LogP contribution in [0.4, 0.5) is 0 Å². The molecule has 1 aliphatic carbocycles. The summed E-state index contributed by atoms with van der Waals surface area (Å²) >= 11 is 9.98. The Morgan fingerprint density at radius 3 is 3.08 bits per heavy atom. The summed E-state index contributed by atoms with van der Waals surface area (Å²) in [6, 6.07) is 0. The van der Waals surface area contributed by atoms with E-state index in [9.17, 15) is 0 Å². The van der Waals surface area contributed by atoms with Crippen LogP contribution in [-0.2, 0) is 0 Å². The summed E-state index contributed by atoms with van der Waals surface area (Å²) in [5.74, 6) is 0.301. The Kier molecular flexibility index (Phi) is 2.76. The van der Waals surface area contributed by atoms with Gasteiger partial charge in [-0.25, -0.2) is 4.98 Å². The molecule has 1 unspecified atom stereocenters. The normalized spacial score (nSPS) is 20.8. The minimum absolute atomic E-state index is 0.301. The number of hydrogen-bond acceptors (Lipinski definition) is 2. The Hall–Kier alpha value is 0.130. The molecule has 1 atom stereocenters. The Morgan fingerprint density at radius 1 is 1.54 bits per heavy atom. The summed E-state index contributed by atoms with van der Waals surface area (Å²) in [6.45, 7) is 2.09. The lowest BCUT2D eigenvalue weighted by molar-refractivity contribution is 0.977. The van der Waals surface area contributed by atoms with Gasteiger partial charge in [-0.15, -0.1) is 11.3 Å². The number of allylic oxidation sites excluding steroid dienone is 2. The molecule has 0 N–H and O–H groups in total. The van der Waals surface area contributed by atoms with Crippen molar-refractivity contribution in [1.29, 1.82) is 0 Å². The van der Waals surface area contributed by atoms with Crippen molar-refractivity contribution < 1.29 is 0 Å². The van der Waals surface area contributed by atoms with E-state index in [1.807, 2.05) is 12.2 Å². The first-order valence-electron chi connectivity index (χ1n) is 3.88. The van der Waals surface area contributed by atoms with Gasteiger partial charge in [0.2, 0.25) is 0 Å². The fourth-order valence-corrected chi connectivity index (χ4v) is 3.08. The fraction of sp³-hybridized carbons (Fsp3) is 0.222. The third kappa shape index (κ3) is 1.97. The van der Waals surface area contributed by atoms with Crippen LogP contribution >= 0.6 is 45.5 Å². The molecule has 2 rings (SSSR count). The second-order valence-corrected chi connectivity index (χ2v) is 6.11. The van der Waals surface area contributed by atoms with Crippen molar-refractivity contribution in [2.45, 2.75) is 6.92 Å². The zero-order valence-corrected chi connectivity index (χ0v) is 10.7. The molecular weight excluding hydrogens is 317 g/mol. The summed E-state index contributed by atoms with van der Waals surface area (Å²) in [7, 11) is 0. The third-order valence-electron chi connectivity index (χ3n) is 1.89. The molecule has 0 saturated carbocycles. The maximum absolute atomic E-state index is 6.03. The molecule has 0 aromatic carbocycles. The lowest BCUT2D eigenvalue weighted by Crippen LogP contribution is -2.20. The lowest BCUT2D eigenvalue weighted by atomic mass is 10.1. The van der Waals surface area contributed by atoms with Crippen molar-refractivity contribution in [3.8, 4) is 0 Å². The zero-order valence-electron chi connectivity index (χ0n) is 6.92. The van der Waals surface area contributed by atoms with Crippen molar-refractivity contribution in [2.24, 2.45) is 5.92 Å². The van der Waals surface area contributed by atoms with E-state index in [-0.39, 0.29) is 0 Å². The highest BCUT2D eigenvalue weighted by atomic mass is 127. The van der Waals surface area contributed by atoms with Crippen molar-refractivity contribution in [3.63, 3.8) is 0 Å². The minimum Gasteiger partial charge on any atom is -0.230 e. The maximum Gasteiger partial charge on any atom is 0.155 e. The molecule has 0 aliphatic heterocycles. The predicted octanol–water partition coefficient (Wildman–Crippen LogP) is 2.08. The van der Waals surface area contributed by atoms with Crippen molar-refractivity contribution in [2.75, 3.05) is 0 Å². The van der Waals surface area contributed by atoms with Crippen LogP contribution in [0.1, 0.15) is 6.92 Å². The highest BCUT2D eigenvalue weighted by Gasteiger charge is 2.06. The molecule has 68 valence electrons. The molecule has 1 aliphatic rings. The first-order valence-corrected chi connectivity index (χ1v) is 6.16. The van der Waals surface area contributed by atoms with Gasteiger partial charge in [0.1, 0.15) is 0 Å². The fourth-order valence-electron chi connectivity index (χ4n) is 1.17. The van der Waals surface area contributed by atoms with Crippen molar-refractivity contribution >= 4 is 57.7 Å². The number of hydrogen-bond donors (Lipinski definition) is 0. The number of aromatic nitrogens is 1. The monoisotopic (exact) mass is 323 g/mol. The first kappa shape index (κ1) is 9.68. The smallest absolute Gasteiger partial charge is 0.155 e. The molecule has 13 heavy (non-hydrogen) atoms. The van der Waals surface area contributed by atoms with Gasteiger partial charge in [-0.3, -0.25) is 0 Å². The molecule has 0 fully saturated rings. The van der Waals surface area contributed by atoms with E-state index in [2.05, 4.69) is 40.6 Å². The van der Waals surface area contributed by atoms with Gasteiger partial charge >= 0.3 is 0 Å². The topological polar surface area (TPSA) is 12.9 Å². The highest BCUT2D eigenvalue weighted by molar-refractivity contribution is 14.1. The van der Waals surface area contributed by atoms with Gasteiger partial charge in [0, 0.05) is 11.0 Å². The minimum atomic E-state index is 0.301. The van der Waals surface area contributed by atoms with E-state index in [1.165, 1.54) is 4.53 Å². The summed E-state index contributed by atoms with van der Waals surface area (Å²) in [5, 5.41) is 1.91. The first-order chi connectivity index (χ1) is 6.16. The molecule has 0 bridgehead atoms. The second-order valence-electron chi connectivity index (χ2n) is 2.89. The van der Waals surface area contributed by atoms with E-state index < -0.39 is 0 Å². The zero-order chi connectivity index (χ0) is 9.42. The van der Waals surface area contributed by atoms with Crippen molar-refractivity contribution in [1.82, 2.24) is 4.98 Å². The maximum atomic E-state index is 6.03. The molecule has 0 amide bonds. The van der Waals surface area contributed by atoms with Gasteiger partial charge in [0.25, 0.3) is 0 Å². The average molecular weight is 324 g/mol. The number of halogens is 2. The largest absolute Gasteiger partial charge is 0.230 e. The number of rotatable bonds is 0. The van der Waals surface area contributed by atoms with Crippen LogP contribution in [0.2, 0.25) is 0 Å². The number of thiazole rings is 1. The van der Waals surface area contributed by atoms with Gasteiger partial charge in [0.05, 0.1) is 9.88 Å². The standard InChI is InChI=1S/C9H7ClINS/c1-5-4-8-7(3-2-6(5)10)12-9(11)13-8/h2-5H,1H3. The lowest BCUT2D eigenvalue weighted by Gasteiger charge is -1.99. The van der Waals surface area contributed by atoms with Gasteiger partial charge < -0.3 is 0 Å². The van der Waals surface area contributed by atoms with Crippen LogP contribution in [0.3, 0.4) is 0 Å². The van der Waals surface area contributed by atoms with Gasteiger partial charge in [-0.2, -0.15) is 0 Å². The summed E-state index contributed by atoms with van der Waals surface area (Å²) in [4.78, 5) is 4.40. The molecular formula is C9H7ClINS. The Bertz CT molecular complexity index is 474. The van der Waals surface area contributed by atoms with Gasteiger partial charge in [-0.1, -0.05) is 24.6 Å². The molecule has 4 heteroatoms. The SMILES string of the molecule is CC1C=c2sc(I)nc2=CC=C1Cl. The molecule has 1 nitrogen and oxygen atoms in total. The van der Waals surface area contributed by atoms with Gasteiger partial charge in [-0.05, 0) is 34.7 Å². The van der Waals surface area contributed by atoms with E-state index in [0.29, 0.717) is 5.92 Å². The highest BCUT2D eigenvalue weighted by Crippen LogP contribution is 2.17. The molecule has 1 heterocycles. The quantitative estimate of drug-likeness (QED) is 0.666. The summed E-state index contributed by atoms with van der Waals surface area (Å²) in [6.07, 6.45) is 6.08. The van der Waals surface area contributed by atoms with Gasteiger partial charge in [0.15, 0.2) is 3.01 Å². The summed E-state index contributed by atoms with van der Waals surface area (Å²) in [5.41, 5.74) is 0. The van der Waals surface area contributed by atoms with Crippen LogP contribution < -0.4 is 9.88 Å². The van der Waals surface area contributed by atoms with E-state index in [0.717, 1.165) is 13.4 Å². The summed E-state index contributed by atoms with van der Waals surface area (Å²) < 4.78 is 2.30. The van der Waals surface area contributed by atoms with Crippen molar-refractivity contribution in [3.05, 3.63) is 24.0 Å². The van der Waals surface area contributed by atoms with Crippen LogP contribution in [0.25, 0.3) is 12.2 Å². The van der Waals surface area contributed by atoms with Crippen LogP contribution in [0.5, 0.6) is 0 Å². The Morgan fingerprint density at radius 2 is 2.31 bits per heavy atom. The molecule has 0 spiro atoms. The Labute approximate surface area is 99.0 Å². The molecule has 0 saturated heterocycles. The second kappa shape index (κ2) is 3.71. The third-order valence-corrected chi connectivity index (χ3v) is 4.09. The van der Waals surface area contributed by atoms with Crippen LogP contribution in [-0.4, -0.2) is 4.98 Å². The number of fused-ring (bicyclic) bond motifs is 1. The Balaban J connectivity index is 2.72.